The smallest absolute Gasteiger partial charge is 0.274 e. The van der Waals surface area contributed by atoms with E-state index in [1.54, 1.807) is 0 Å². The molecule has 178 valence electrons. The predicted octanol–water partition coefficient (Wildman–Crippen LogP) is 3.13. The van der Waals surface area contributed by atoms with Crippen LogP contribution in [0.1, 0.15) is 35.9 Å². The van der Waals surface area contributed by atoms with Gasteiger partial charge in [-0.25, -0.2) is 0 Å². The standard InChI is InChI=1S/C24H31BrN4O4/c1-3-29-17(2)13-21(26-29)24(31)28-8-7-22(33-20-6-4-5-19(25)15-20)18(16-28)14-23(30)27-9-11-32-12-10-27/h4-6,13,15,18,22H,3,7-12,14,16H2,1-2H3/t18-,22-/m0/s1. The van der Waals surface area contributed by atoms with Crippen LogP contribution < -0.4 is 4.74 Å². The van der Waals surface area contributed by atoms with E-state index in [4.69, 9.17) is 9.47 Å². The summed E-state index contributed by atoms with van der Waals surface area (Å²) < 4.78 is 14.5. The number of likely N-dealkylation sites (tertiary alicyclic amines) is 1. The Morgan fingerprint density at radius 3 is 2.67 bits per heavy atom. The zero-order chi connectivity index (χ0) is 23.4. The van der Waals surface area contributed by atoms with Crippen molar-refractivity contribution in [2.24, 2.45) is 5.92 Å². The normalized spacial score (nSPS) is 21.2. The van der Waals surface area contributed by atoms with Crippen LogP contribution in [0.5, 0.6) is 5.75 Å². The molecule has 9 heteroatoms. The van der Waals surface area contributed by atoms with Crippen molar-refractivity contribution in [3.63, 3.8) is 0 Å². The molecule has 0 unspecified atom stereocenters. The number of aryl methyl sites for hydroxylation is 2. The van der Waals surface area contributed by atoms with Gasteiger partial charge in [0.2, 0.25) is 5.91 Å². The Labute approximate surface area is 202 Å². The fourth-order valence-corrected chi connectivity index (χ4v) is 4.90. The summed E-state index contributed by atoms with van der Waals surface area (Å²) in [4.78, 5) is 29.9. The van der Waals surface area contributed by atoms with E-state index in [9.17, 15) is 9.59 Å². The van der Waals surface area contributed by atoms with Crippen LogP contribution in [0.3, 0.4) is 0 Å². The van der Waals surface area contributed by atoms with Crippen LogP contribution in [0, 0.1) is 12.8 Å². The van der Waals surface area contributed by atoms with Crippen LogP contribution >= 0.6 is 15.9 Å². The predicted molar refractivity (Wildman–Crippen MR) is 127 cm³/mol. The number of halogens is 1. The molecule has 0 N–H and O–H groups in total. The molecule has 2 atom stereocenters. The fraction of sp³-hybridized carbons (Fsp3) is 0.542. The lowest BCUT2D eigenvalue weighted by atomic mass is 9.90. The minimum absolute atomic E-state index is 0.0879. The number of piperidine rings is 1. The summed E-state index contributed by atoms with van der Waals surface area (Å²) in [6.45, 7) is 8.07. The number of ether oxygens (including phenoxy) is 2. The number of carbonyl (C=O) groups excluding carboxylic acids is 2. The molecule has 2 fully saturated rings. The third kappa shape index (κ3) is 5.76. The van der Waals surface area contributed by atoms with E-state index in [1.165, 1.54) is 0 Å². The van der Waals surface area contributed by atoms with Crippen LogP contribution in [0.25, 0.3) is 0 Å². The minimum Gasteiger partial charge on any atom is -0.490 e. The van der Waals surface area contributed by atoms with Crippen molar-refractivity contribution in [2.45, 2.75) is 39.3 Å². The zero-order valence-corrected chi connectivity index (χ0v) is 20.8. The van der Waals surface area contributed by atoms with Gasteiger partial charge in [0.1, 0.15) is 11.9 Å². The Morgan fingerprint density at radius 2 is 1.97 bits per heavy atom. The molecule has 2 saturated heterocycles. The minimum atomic E-state index is -0.150. The average Bonchev–Trinajstić information content (AvgIpc) is 3.21. The van der Waals surface area contributed by atoms with E-state index >= 15 is 0 Å². The molecule has 2 aliphatic heterocycles. The Bertz CT molecular complexity index is 989. The van der Waals surface area contributed by atoms with Gasteiger partial charge in [-0.05, 0) is 38.1 Å². The largest absolute Gasteiger partial charge is 0.490 e. The lowest BCUT2D eigenvalue weighted by molar-refractivity contribution is -0.137. The lowest BCUT2D eigenvalue weighted by Crippen LogP contribution is -2.50. The monoisotopic (exact) mass is 518 g/mol. The van der Waals surface area contributed by atoms with Gasteiger partial charge in [-0.2, -0.15) is 5.10 Å². The number of aromatic nitrogens is 2. The number of amides is 2. The Balaban J connectivity index is 1.50. The highest BCUT2D eigenvalue weighted by Gasteiger charge is 2.36. The third-order valence-electron chi connectivity index (χ3n) is 6.34. The molecule has 2 aromatic rings. The first-order valence-corrected chi connectivity index (χ1v) is 12.4. The van der Waals surface area contributed by atoms with Crippen LogP contribution in [0.4, 0.5) is 0 Å². The van der Waals surface area contributed by atoms with Crippen molar-refractivity contribution in [3.8, 4) is 5.75 Å². The molecule has 1 aromatic heterocycles. The quantitative estimate of drug-likeness (QED) is 0.587. The van der Waals surface area contributed by atoms with Gasteiger partial charge in [0.05, 0.1) is 13.2 Å². The van der Waals surface area contributed by atoms with Crippen molar-refractivity contribution >= 4 is 27.7 Å². The van der Waals surface area contributed by atoms with Gasteiger partial charge in [-0.15, -0.1) is 0 Å². The average molecular weight is 519 g/mol. The summed E-state index contributed by atoms with van der Waals surface area (Å²) in [5.74, 6) is 0.656. The Morgan fingerprint density at radius 1 is 1.18 bits per heavy atom. The first kappa shape index (κ1) is 23.8. The fourth-order valence-electron chi connectivity index (χ4n) is 4.52. The summed E-state index contributed by atoms with van der Waals surface area (Å²) in [6, 6.07) is 9.56. The molecular weight excluding hydrogens is 488 g/mol. The Kier molecular flexibility index (Phi) is 7.70. The molecule has 0 bridgehead atoms. The number of hydrogen-bond donors (Lipinski definition) is 0. The second kappa shape index (κ2) is 10.7. The van der Waals surface area contributed by atoms with Crippen LogP contribution in [-0.2, 0) is 16.1 Å². The zero-order valence-electron chi connectivity index (χ0n) is 19.2. The van der Waals surface area contributed by atoms with Gasteiger partial charge < -0.3 is 19.3 Å². The van der Waals surface area contributed by atoms with Gasteiger partial charge >= 0.3 is 0 Å². The lowest BCUT2D eigenvalue weighted by Gasteiger charge is -2.39. The van der Waals surface area contributed by atoms with Crippen molar-refractivity contribution in [1.29, 1.82) is 0 Å². The molecule has 0 saturated carbocycles. The number of rotatable bonds is 6. The highest BCUT2D eigenvalue weighted by molar-refractivity contribution is 9.10. The van der Waals surface area contributed by atoms with Crippen LogP contribution in [0.15, 0.2) is 34.8 Å². The number of benzene rings is 1. The van der Waals surface area contributed by atoms with E-state index < -0.39 is 0 Å². The van der Waals surface area contributed by atoms with Gasteiger partial charge in [-0.3, -0.25) is 14.3 Å². The molecule has 33 heavy (non-hydrogen) atoms. The third-order valence-corrected chi connectivity index (χ3v) is 6.83. The second-order valence-corrected chi connectivity index (χ2v) is 9.51. The molecule has 1 aromatic carbocycles. The highest BCUT2D eigenvalue weighted by atomic mass is 79.9. The number of morpholine rings is 1. The molecule has 3 heterocycles. The molecule has 0 radical (unpaired) electrons. The molecule has 2 amide bonds. The first-order valence-electron chi connectivity index (χ1n) is 11.6. The number of carbonyl (C=O) groups is 2. The van der Waals surface area contributed by atoms with E-state index in [-0.39, 0.29) is 23.8 Å². The molecule has 0 spiro atoms. The van der Waals surface area contributed by atoms with Gasteiger partial charge in [-0.1, -0.05) is 22.0 Å². The van der Waals surface area contributed by atoms with Crippen LogP contribution in [-0.4, -0.2) is 76.9 Å². The number of hydrogen-bond acceptors (Lipinski definition) is 5. The van der Waals surface area contributed by atoms with Gasteiger partial charge in [0.25, 0.3) is 5.91 Å². The maximum absolute atomic E-state index is 13.2. The molecule has 0 aliphatic carbocycles. The summed E-state index contributed by atoms with van der Waals surface area (Å²) >= 11 is 3.49. The van der Waals surface area contributed by atoms with E-state index in [0.717, 1.165) is 22.5 Å². The van der Waals surface area contributed by atoms with Crippen molar-refractivity contribution in [1.82, 2.24) is 19.6 Å². The van der Waals surface area contributed by atoms with Crippen molar-refractivity contribution in [2.75, 3.05) is 39.4 Å². The SMILES string of the molecule is CCn1nc(C(=O)N2CC[C@H](Oc3cccc(Br)c3)[C@@H](CC(=O)N3CCOCC3)C2)cc1C. The maximum Gasteiger partial charge on any atom is 0.274 e. The van der Waals surface area contributed by atoms with Crippen molar-refractivity contribution < 1.29 is 19.1 Å². The molecule has 8 nitrogen and oxygen atoms in total. The van der Waals surface area contributed by atoms with E-state index in [0.29, 0.717) is 57.9 Å². The van der Waals surface area contributed by atoms with Gasteiger partial charge in [0.15, 0.2) is 5.69 Å². The van der Waals surface area contributed by atoms with Crippen LogP contribution in [0.2, 0.25) is 0 Å². The second-order valence-electron chi connectivity index (χ2n) is 8.60. The van der Waals surface area contributed by atoms with E-state index in [1.807, 2.05) is 58.7 Å². The summed E-state index contributed by atoms with van der Waals surface area (Å²) in [5, 5.41) is 4.46. The van der Waals surface area contributed by atoms with Crippen molar-refractivity contribution in [3.05, 3.63) is 46.2 Å². The molecule has 2 aliphatic rings. The summed E-state index contributed by atoms with van der Waals surface area (Å²) in [5.41, 5.74) is 1.42. The van der Waals surface area contributed by atoms with Gasteiger partial charge in [0, 0.05) is 61.6 Å². The molecule has 4 rings (SSSR count). The number of nitrogens with zero attached hydrogens (tertiary/aromatic N) is 4. The Hall–Kier alpha value is -2.39. The summed E-state index contributed by atoms with van der Waals surface area (Å²) in [6.07, 6.45) is 0.848. The maximum atomic E-state index is 13.2. The molecular formula is C24H31BrN4O4. The highest BCUT2D eigenvalue weighted by Crippen LogP contribution is 2.28. The summed E-state index contributed by atoms with van der Waals surface area (Å²) in [7, 11) is 0. The van der Waals surface area contributed by atoms with E-state index in [2.05, 4.69) is 21.0 Å². The topological polar surface area (TPSA) is 76.9 Å². The first-order chi connectivity index (χ1) is 15.9.